The summed E-state index contributed by atoms with van der Waals surface area (Å²) < 4.78 is 54.7. The van der Waals surface area contributed by atoms with Gasteiger partial charge < -0.3 is 21.7 Å². The molecule has 208 valence electrons. The number of anilines is 3. The number of alkyl halides is 3. The van der Waals surface area contributed by atoms with E-state index < -0.39 is 29.3 Å². The van der Waals surface area contributed by atoms with Crippen molar-refractivity contribution in [2.45, 2.75) is 19.6 Å². The Morgan fingerprint density at radius 2 is 1.90 bits per heavy atom. The molecule has 0 aliphatic carbocycles. The van der Waals surface area contributed by atoms with E-state index in [-0.39, 0.29) is 18.3 Å². The van der Waals surface area contributed by atoms with Gasteiger partial charge in [-0.2, -0.15) is 18.3 Å². The van der Waals surface area contributed by atoms with Crippen molar-refractivity contribution in [1.82, 2.24) is 24.8 Å². The van der Waals surface area contributed by atoms with Crippen molar-refractivity contribution in [1.29, 1.82) is 0 Å². The molecule has 5 rings (SSSR count). The van der Waals surface area contributed by atoms with Crippen LogP contribution in [-0.4, -0.2) is 51.1 Å². The lowest BCUT2D eigenvalue weighted by molar-refractivity contribution is -0.137. The summed E-state index contributed by atoms with van der Waals surface area (Å²) in [5.74, 6) is -0.799. The number of urea groups is 1. The number of piperazine rings is 1. The molecule has 0 unspecified atom stereocenters. The van der Waals surface area contributed by atoms with Crippen molar-refractivity contribution in [2.75, 3.05) is 36.0 Å². The fraction of sp³-hybridized carbons (Fsp3) is 0.231. The number of carbonyl (C=O) groups excluding carboxylic acids is 2. The molecule has 1 aliphatic heterocycles. The van der Waals surface area contributed by atoms with Crippen molar-refractivity contribution in [3.05, 3.63) is 71.4 Å². The summed E-state index contributed by atoms with van der Waals surface area (Å²) >= 11 is 0. The van der Waals surface area contributed by atoms with Crippen LogP contribution in [0.4, 0.5) is 39.5 Å². The van der Waals surface area contributed by atoms with Crippen LogP contribution in [-0.2, 0) is 17.5 Å². The van der Waals surface area contributed by atoms with Crippen LogP contribution in [0.25, 0.3) is 16.6 Å². The van der Waals surface area contributed by atoms with E-state index >= 15 is 0 Å². The Hall–Kier alpha value is -4.72. The number of benzene rings is 2. The Labute approximate surface area is 225 Å². The summed E-state index contributed by atoms with van der Waals surface area (Å²) in [5, 5.41) is 11.8. The highest BCUT2D eigenvalue weighted by molar-refractivity contribution is 6.00. The number of aromatic nitrogens is 3. The highest BCUT2D eigenvalue weighted by atomic mass is 19.4. The van der Waals surface area contributed by atoms with Crippen LogP contribution in [0, 0.1) is 12.7 Å². The Kier molecular flexibility index (Phi) is 7.02. The smallest absolute Gasteiger partial charge is 0.382 e. The van der Waals surface area contributed by atoms with Gasteiger partial charge in [0.25, 0.3) is 0 Å². The van der Waals surface area contributed by atoms with Crippen LogP contribution < -0.4 is 21.7 Å². The van der Waals surface area contributed by atoms with Gasteiger partial charge in [0.15, 0.2) is 5.82 Å². The average molecular weight is 557 g/mol. The normalized spacial score (nSPS) is 14.3. The van der Waals surface area contributed by atoms with Gasteiger partial charge in [-0.3, -0.25) is 9.69 Å². The molecule has 0 atom stereocenters. The van der Waals surface area contributed by atoms with E-state index in [0.717, 1.165) is 16.8 Å². The summed E-state index contributed by atoms with van der Waals surface area (Å²) in [7, 11) is 0. The Balaban J connectivity index is 1.39. The Bertz CT molecular complexity index is 1620. The van der Waals surface area contributed by atoms with Gasteiger partial charge in [-0.1, -0.05) is 6.07 Å². The summed E-state index contributed by atoms with van der Waals surface area (Å²) in [5.41, 5.74) is 8.37. The van der Waals surface area contributed by atoms with Crippen molar-refractivity contribution < 1.29 is 27.2 Å². The average Bonchev–Trinajstić information content (AvgIpc) is 3.25. The first kappa shape index (κ1) is 26.9. The second-order valence-electron chi connectivity index (χ2n) is 9.32. The Morgan fingerprint density at radius 3 is 2.62 bits per heavy atom. The molecule has 0 spiro atoms. The fourth-order valence-corrected chi connectivity index (χ4v) is 4.57. The molecule has 3 heterocycles. The van der Waals surface area contributed by atoms with E-state index in [0.29, 0.717) is 54.6 Å². The SMILES string of the molecule is Cc1cc(-c2cc(CN3CCNC(=O)C3)n3ncnc(N)c23)ccc1NC(=O)Nc1cc(C(F)(F)F)ccc1F. The lowest BCUT2D eigenvalue weighted by Crippen LogP contribution is -2.47. The van der Waals surface area contributed by atoms with Gasteiger partial charge in [-0.05, 0) is 54.4 Å². The molecule has 2 aromatic carbocycles. The summed E-state index contributed by atoms with van der Waals surface area (Å²) in [6.07, 6.45) is -3.34. The first-order valence-corrected chi connectivity index (χ1v) is 12.2. The van der Waals surface area contributed by atoms with Crippen molar-refractivity contribution in [3.8, 4) is 11.1 Å². The molecular formula is C26H24F4N8O2. The first-order valence-electron chi connectivity index (χ1n) is 12.2. The van der Waals surface area contributed by atoms with E-state index in [4.69, 9.17) is 5.73 Å². The van der Waals surface area contributed by atoms with Gasteiger partial charge >= 0.3 is 12.2 Å². The van der Waals surface area contributed by atoms with E-state index in [9.17, 15) is 27.2 Å². The largest absolute Gasteiger partial charge is 0.416 e. The standard InChI is InChI=1S/C26H24F4N8O2/c1-14-8-15(2-5-20(14)35-25(40)36-21-9-16(26(28,29)30)3-4-19(21)27)18-10-17(11-37-7-6-32-22(39)12-37)38-23(18)24(31)33-13-34-38/h2-5,8-10,13H,6-7,11-12H2,1H3,(H,32,39)(H2,31,33,34)(H2,35,36,40). The number of nitrogens with one attached hydrogen (secondary N) is 3. The second-order valence-corrected chi connectivity index (χ2v) is 9.32. The molecular weight excluding hydrogens is 532 g/mol. The summed E-state index contributed by atoms with van der Waals surface area (Å²) in [6.45, 7) is 3.68. The molecule has 40 heavy (non-hydrogen) atoms. The number of aryl methyl sites for hydroxylation is 1. The predicted octanol–water partition coefficient (Wildman–Crippen LogP) is 4.02. The molecule has 4 aromatic rings. The number of nitrogen functional groups attached to an aromatic ring is 1. The first-order chi connectivity index (χ1) is 19.0. The topological polar surface area (TPSA) is 130 Å². The third kappa shape index (κ3) is 5.52. The zero-order valence-electron chi connectivity index (χ0n) is 21.1. The number of halogens is 4. The van der Waals surface area contributed by atoms with Crippen LogP contribution in [0.5, 0.6) is 0 Å². The summed E-state index contributed by atoms with van der Waals surface area (Å²) in [6, 6.07) is 7.91. The molecule has 2 aromatic heterocycles. The number of carbonyl (C=O) groups is 2. The van der Waals surface area contributed by atoms with Gasteiger partial charge in [-0.15, -0.1) is 0 Å². The van der Waals surface area contributed by atoms with Crippen LogP contribution in [0.2, 0.25) is 0 Å². The predicted molar refractivity (Wildman–Crippen MR) is 140 cm³/mol. The molecule has 14 heteroatoms. The molecule has 0 saturated carbocycles. The number of hydrogen-bond donors (Lipinski definition) is 4. The lowest BCUT2D eigenvalue weighted by atomic mass is 10.0. The number of rotatable bonds is 5. The molecule has 1 fully saturated rings. The lowest BCUT2D eigenvalue weighted by Gasteiger charge is -2.25. The quantitative estimate of drug-likeness (QED) is 0.275. The Morgan fingerprint density at radius 1 is 1.12 bits per heavy atom. The number of fused-ring (bicyclic) bond motifs is 1. The van der Waals surface area contributed by atoms with Crippen LogP contribution in [0.15, 0.2) is 48.8 Å². The zero-order valence-corrected chi connectivity index (χ0v) is 21.1. The highest BCUT2D eigenvalue weighted by Crippen LogP contribution is 2.34. The minimum absolute atomic E-state index is 0.0555. The molecule has 10 nitrogen and oxygen atoms in total. The number of nitrogens with zero attached hydrogens (tertiary/aromatic N) is 4. The van der Waals surface area contributed by atoms with Gasteiger partial charge in [0.05, 0.1) is 23.5 Å². The third-order valence-corrected chi connectivity index (χ3v) is 6.49. The van der Waals surface area contributed by atoms with E-state index in [2.05, 4.69) is 26.0 Å². The maximum atomic E-state index is 14.1. The van der Waals surface area contributed by atoms with Crippen LogP contribution >= 0.6 is 0 Å². The third-order valence-electron chi connectivity index (χ3n) is 6.49. The van der Waals surface area contributed by atoms with E-state index in [1.165, 1.54) is 6.33 Å². The molecule has 0 bridgehead atoms. The zero-order chi connectivity index (χ0) is 28.6. The monoisotopic (exact) mass is 556 g/mol. The minimum Gasteiger partial charge on any atom is -0.382 e. The van der Waals surface area contributed by atoms with Gasteiger partial charge in [0.1, 0.15) is 17.7 Å². The number of nitrogens with two attached hydrogens (primary N) is 1. The van der Waals surface area contributed by atoms with Gasteiger partial charge in [-0.25, -0.2) is 18.7 Å². The maximum absolute atomic E-state index is 14.1. The number of hydrogen-bond acceptors (Lipinski definition) is 6. The molecule has 1 saturated heterocycles. The van der Waals surface area contributed by atoms with Crippen molar-refractivity contribution in [3.63, 3.8) is 0 Å². The van der Waals surface area contributed by atoms with Gasteiger partial charge in [0, 0.05) is 30.9 Å². The summed E-state index contributed by atoms with van der Waals surface area (Å²) in [4.78, 5) is 30.4. The van der Waals surface area contributed by atoms with Gasteiger partial charge in [0.2, 0.25) is 5.91 Å². The van der Waals surface area contributed by atoms with Crippen LogP contribution in [0.3, 0.4) is 0 Å². The fourth-order valence-electron chi connectivity index (χ4n) is 4.57. The molecule has 1 aliphatic rings. The number of amides is 3. The van der Waals surface area contributed by atoms with E-state index in [1.54, 1.807) is 29.6 Å². The molecule has 0 radical (unpaired) electrons. The minimum atomic E-state index is -4.69. The highest BCUT2D eigenvalue weighted by Gasteiger charge is 2.31. The van der Waals surface area contributed by atoms with E-state index in [1.807, 2.05) is 11.0 Å². The maximum Gasteiger partial charge on any atom is 0.416 e. The molecule has 5 N–H and O–H groups in total. The van der Waals surface area contributed by atoms with Crippen LogP contribution in [0.1, 0.15) is 16.8 Å². The van der Waals surface area contributed by atoms with Crippen molar-refractivity contribution in [2.24, 2.45) is 0 Å². The van der Waals surface area contributed by atoms with Crippen molar-refractivity contribution >= 4 is 34.6 Å². The molecule has 3 amide bonds. The second kappa shape index (κ2) is 10.4.